The number of hydrogen-bond acceptors (Lipinski definition) is 3. The fourth-order valence-corrected chi connectivity index (χ4v) is 3.19. The molecule has 0 bridgehead atoms. The Balaban J connectivity index is 1.85. The fourth-order valence-electron chi connectivity index (χ4n) is 2.23. The molecule has 1 N–H and O–H groups in total. The Hall–Kier alpha value is -0.480. The third-order valence-corrected chi connectivity index (χ3v) is 4.37. The van der Waals surface area contributed by atoms with Gasteiger partial charge in [-0.25, -0.2) is 4.98 Å². The Kier molecular flexibility index (Phi) is 3.70. The summed E-state index contributed by atoms with van der Waals surface area (Å²) < 4.78 is 2.08. The van der Waals surface area contributed by atoms with Crippen molar-refractivity contribution in [1.29, 1.82) is 0 Å². The first-order valence-electron chi connectivity index (χ1n) is 5.53. The first kappa shape index (κ1) is 11.0. The lowest BCUT2D eigenvalue weighted by Gasteiger charge is -2.18. The molecule has 1 aromatic rings. The maximum atomic E-state index is 4.32. The Morgan fingerprint density at radius 3 is 3.13 bits per heavy atom. The van der Waals surface area contributed by atoms with Gasteiger partial charge >= 0.3 is 0 Å². The molecule has 0 radical (unpaired) electrons. The highest BCUT2D eigenvalue weighted by Gasteiger charge is 2.25. The van der Waals surface area contributed by atoms with Crippen LogP contribution >= 0.6 is 11.8 Å². The lowest BCUT2D eigenvalue weighted by molar-refractivity contribution is 0.514. The van der Waals surface area contributed by atoms with Crippen molar-refractivity contribution < 1.29 is 0 Å². The second-order valence-electron chi connectivity index (χ2n) is 4.15. The molecule has 1 fully saturated rings. The zero-order valence-electron chi connectivity index (χ0n) is 9.44. The molecular formula is C11H19N3S. The Morgan fingerprint density at radius 2 is 2.47 bits per heavy atom. The zero-order chi connectivity index (χ0) is 10.7. The Labute approximate surface area is 95.7 Å². The molecule has 0 aliphatic heterocycles. The van der Waals surface area contributed by atoms with Crippen LogP contribution in [0.15, 0.2) is 12.4 Å². The minimum absolute atomic E-state index is 0.678. The third kappa shape index (κ3) is 2.55. The van der Waals surface area contributed by atoms with Gasteiger partial charge < -0.3 is 9.88 Å². The van der Waals surface area contributed by atoms with E-state index in [-0.39, 0.29) is 0 Å². The summed E-state index contributed by atoms with van der Waals surface area (Å²) in [6.45, 7) is 0.894. The molecule has 0 spiro atoms. The molecule has 1 saturated carbocycles. The van der Waals surface area contributed by atoms with Crippen molar-refractivity contribution in [3.05, 3.63) is 18.2 Å². The molecule has 1 aliphatic rings. The molecule has 1 aromatic heterocycles. The van der Waals surface area contributed by atoms with Crippen LogP contribution in [0.1, 0.15) is 25.1 Å². The number of nitrogens with one attached hydrogen (secondary N) is 1. The summed E-state index contributed by atoms with van der Waals surface area (Å²) in [7, 11) is 2.05. The molecule has 3 nitrogen and oxygen atoms in total. The number of aryl methyl sites for hydroxylation is 1. The average Bonchev–Trinajstić information content (AvgIpc) is 2.83. The van der Waals surface area contributed by atoms with Crippen LogP contribution in [-0.4, -0.2) is 27.1 Å². The SMILES string of the molecule is CSC1CCCC1NCc1nccn1C. The van der Waals surface area contributed by atoms with Crippen molar-refractivity contribution in [2.75, 3.05) is 6.26 Å². The van der Waals surface area contributed by atoms with E-state index in [9.17, 15) is 0 Å². The second kappa shape index (κ2) is 5.03. The van der Waals surface area contributed by atoms with Gasteiger partial charge in [0.15, 0.2) is 0 Å². The van der Waals surface area contributed by atoms with E-state index in [1.165, 1.54) is 19.3 Å². The maximum absolute atomic E-state index is 4.32. The molecule has 84 valence electrons. The van der Waals surface area contributed by atoms with Crippen LogP contribution in [0.25, 0.3) is 0 Å². The summed E-state index contributed by atoms with van der Waals surface area (Å²) in [5.74, 6) is 1.13. The van der Waals surface area contributed by atoms with Crippen molar-refractivity contribution in [2.24, 2.45) is 7.05 Å². The second-order valence-corrected chi connectivity index (χ2v) is 5.22. The molecule has 2 unspecified atom stereocenters. The van der Waals surface area contributed by atoms with Crippen molar-refractivity contribution in [2.45, 2.75) is 37.1 Å². The molecule has 2 rings (SSSR count). The highest BCUT2D eigenvalue weighted by Crippen LogP contribution is 2.28. The molecule has 2 atom stereocenters. The van der Waals surface area contributed by atoms with Crippen LogP contribution in [0.3, 0.4) is 0 Å². The summed E-state index contributed by atoms with van der Waals surface area (Å²) in [6, 6.07) is 0.678. The molecule has 4 heteroatoms. The van der Waals surface area contributed by atoms with Gasteiger partial charge in [0.2, 0.25) is 0 Å². The van der Waals surface area contributed by atoms with Crippen LogP contribution in [0.4, 0.5) is 0 Å². The van der Waals surface area contributed by atoms with Gasteiger partial charge in [0.25, 0.3) is 0 Å². The van der Waals surface area contributed by atoms with E-state index in [4.69, 9.17) is 0 Å². The standard InChI is InChI=1S/C11H19N3S/c1-14-7-6-12-11(14)8-13-9-4-3-5-10(9)15-2/h6-7,9-10,13H,3-5,8H2,1-2H3. The third-order valence-electron chi connectivity index (χ3n) is 3.20. The van der Waals surface area contributed by atoms with Gasteiger partial charge in [-0.1, -0.05) is 6.42 Å². The molecule has 15 heavy (non-hydrogen) atoms. The van der Waals surface area contributed by atoms with Gasteiger partial charge in [0, 0.05) is 30.7 Å². The number of rotatable bonds is 4. The van der Waals surface area contributed by atoms with Gasteiger partial charge in [0.1, 0.15) is 5.82 Å². The Bertz CT molecular complexity index is 311. The lowest BCUT2D eigenvalue weighted by Crippen LogP contribution is -2.34. The van der Waals surface area contributed by atoms with Gasteiger partial charge in [-0.3, -0.25) is 0 Å². The van der Waals surface area contributed by atoms with Crippen molar-refractivity contribution >= 4 is 11.8 Å². The summed E-state index contributed by atoms with van der Waals surface area (Å²) >= 11 is 1.99. The number of hydrogen-bond donors (Lipinski definition) is 1. The molecule has 1 aliphatic carbocycles. The van der Waals surface area contributed by atoms with E-state index in [1.54, 1.807) is 0 Å². The Morgan fingerprint density at radius 1 is 1.60 bits per heavy atom. The van der Waals surface area contributed by atoms with E-state index in [0.717, 1.165) is 17.6 Å². The van der Waals surface area contributed by atoms with E-state index in [2.05, 4.69) is 21.1 Å². The normalized spacial score (nSPS) is 26.0. The molecule has 0 amide bonds. The van der Waals surface area contributed by atoms with Crippen molar-refractivity contribution in [3.8, 4) is 0 Å². The van der Waals surface area contributed by atoms with Crippen molar-refractivity contribution in [3.63, 3.8) is 0 Å². The number of aromatic nitrogens is 2. The maximum Gasteiger partial charge on any atom is 0.122 e. The summed E-state index contributed by atoms with van der Waals surface area (Å²) in [6.07, 6.45) is 10.1. The van der Waals surface area contributed by atoms with Gasteiger partial charge in [0.05, 0.1) is 6.54 Å². The van der Waals surface area contributed by atoms with E-state index < -0.39 is 0 Å². The van der Waals surface area contributed by atoms with Crippen LogP contribution in [0, 0.1) is 0 Å². The molecule has 0 saturated heterocycles. The minimum atomic E-state index is 0.678. The van der Waals surface area contributed by atoms with Gasteiger partial charge in [-0.15, -0.1) is 0 Å². The average molecular weight is 225 g/mol. The van der Waals surface area contributed by atoms with Crippen molar-refractivity contribution in [1.82, 2.24) is 14.9 Å². The van der Waals surface area contributed by atoms with Crippen LogP contribution in [0.2, 0.25) is 0 Å². The first-order valence-corrected chi connectivity index (χ1v) is 6.82. The summed E-state index contributed by atoms with van der Waals surface area (Å²) in [5.41, 5.74) is 0. The van der Waals surface area contributed by atoms with Crippen LogP contribution in [-0.2, 0) is 13.6 Å². The zero-order valence-corrected chi connectivity index (χ0v) is 10.3. The number of imidazole rings is 1. The predicted molar refractivity (Wildman–Crippen MR) is 65.0 cm³/mol. The predicted octanol–water partition coefficient (Wildman–Crippen LogP) is 1.79. The largest absolute Gasteiger partial charge is 0.337 e. The minimum Gasteiger partial charge on any atom is -0.337 e. The van der Waals surface area contributed by atoms with Gasteiger partial charge in [-0.2, -0.15) is 11.8 Å². The monoisotopic (exact) mass is 225 g/mol. The highest BCUT2D eigenvalue weighted by molar-refractivity contribution is 7.99. The summed E-state index contributed by atoms with van der Waals surface area (Å²) in [5, 5.41) is 4.42. The topological polar surface area (TPSA) is 29.9 Å². The highest BCUT2D eigenvalue weighted by atomic mass is 32.2. The molecule has 1 heterocycles. The van der Waals surface area contributed by atoms with Gasteiger partial charge in [-0.05, 0) is 19.1 Å². The first-order chi connectivity index (χ1) is 7.31. The van der Waals surface area contributed by atoms with E-state index >= 15 is 0 Å². The smallest absolute Gasteiger partial charge is 0.122 e. The number of nitrogens with zero attached hydrogens (tertiary/aromatic N) is 2. The number of thioether (sulfide) groups is 1. The fraction of sp³-hybridized carbons (Fsp3) is 0.727. The van der Waals surface area contributed by atoms with E-state index in [1.807, 2.05) is 31.2 Å². The van der Waals surface area contributed by atoms with Crippen LogP contribution < -0.4 is 5.32 Å². The van der Waals surface area contributed by atoms with E-state index in [0.29, 0.717) is 6.04 Å². The molecular weight excluding hydrogens is 206 g/mol. The quantitative estimate of drug-likeness (QED) is 0.847. The van der Waals surface area contributed by atoms with Crippen LogP contribution in [0.5, 0.6) is 0 Å². The lowest BCUT2D eigenvalue weighted by atomic mass is 10.2. The molecule has 0 aromatic carbocycles. The summed E-state index contributed by atoms with van der Waals surface area (Å²) in [4.78, 5) is 4.32.